The number of carbonyl (C=O) groups excluding carboxylic acids is 1. The van der Waals surface area contributed by atoms with Crippen molar-refractivity contribution in [1.29, 1.82) is 0 Å². The number of quaternary nitrogens is 1. The molecule has 0 saturated carbocycles. The predicted octanol–water partition coefficient (Wildman–Crippen LogP) is 6.06. The Hall–Kier alpha value is -1.28. The molecule has 0 bridgehead atoms. The van der Waals surface area contributed by atoms with Crippen molar-refractivity contribution in [2.24, 2.45) is 0 Å². The molecule has 3 atom stereocenters. The summed E-state index contributed by atoms with van der Waals surface area (Å²) in [4.78, 5) is 22.5. The maximum atomic E-state index is 12.4. The van der Waals surface area contributed by atoms with Crippen molar-refractivity contribution in [3.63, 3.8) is 0 Å². The Morgan fingerprint density at radius 2 is 1.45 bits per heavy atom. The number of aliphatic hydroxyl groups is 1. The molecule has 0 rings (SSSR count). The Kier molecular flexibility index (Phi) is 21.8. The lowest BCUT2D eigenvalue weighted by atomic mass is 10.1. The Bertz CT molecular complexity index is 733. The first kappa shape index (κ1) is 36.7. The minimum atomic E-state index is -4.31. The van der Waals surface area contributed by atoms with Crippen LogP contribution in [-0.2, 0) is 18.4 Å². The SMILES string of the molecule is CCCC/C=C/CC/C=C/CC/C=C/C(O)C(COP(=O)(O)OCC[N+](C)(C)C)NC(=O)CCCCCC. The van der Waals surface area contributed by atoms with Crippen molar-refractivity contribution in [3.05, 3.63) is 36.5 Å². The monoisotopic (exact) mass is 559 g/mol. The molecular formula is C29H56N2O6P+. The molecule has 0 spiro atoms. The first-order chi connectivity index (χ1) is 18.0. The number of carbonyl (C=O) groups is 1. The molecule has 0 aliphatic carbocycles. The average molecular weight is 560 g/mol. The number of unbranched alkanes of at least 4 members (excludes halogenated alkanes) is 7. The Morgan fingerprint density at radius 3 is 2.03 bits per heavy atom. The van der Waals surface area contributed by atoms with E-state index in [0.29, 0.717) is 17.4 Å². The summed E-state index contributed by atoms with van der Waals surface area (Å²) in [6.07, 6.45) is 22.6. The number of hydrogen-bond acceptors (Lipinski definition) is 5. The zero-order valence-corrected chi connectivity index (χ0v) is 25.5. The molecule has 1 amide bonds. The molecule has 3 unspecified atom stereocenters. The van der Waals surface area contributed by atoms with Crippen molar-refractivity contribution in [2.45, 2.75) is 103 Å². The van der Waals surface area contributed by atoms with Gasteiger partial charge in [0.2, 0.25) is 5.91 Å². The summed E-state index contributed by atoms with van der Waals surface area (Å²) in [7, 11) is 1.53. The highest BCUT2D eigenvalue weighted by atomic mass is 31.2. The molecule has 0 saturated heterocycles. The molecule has 222 valence electrons. The second-order valence-corrected chi connectivity index (χ2v) is 12.2. The summed E-state index contributed by atoms with van der Waals surface area (Å²) in [6.45, 7) is 4.55. The molecule has 8 nitrogen and oxygen atoms in total. The zero-order chi connectivity index (χ0) is 28.7. The van der Waals surface area contributed by atoms with E-state index in [2.05, 4.69) is 43.5 Å². The fourth-order valence-electron chi connectivity index (χ4n) is 3.41. The largest absolute Gasteiger partial charge is 0.472 e. The molecule has 0 aromatic rings. The van der Waals surface area contributed by atoms with Gasteiger partial charge in [-0.25, -0.2) is 4.57 Å². The van der Waals surface area contributed by atoms with Crippen LogP contribution in [0.25, 0.3) is 0 Å². The van der Waals surface area contributed by atoms with Crippen LogP contribution in [0.1, 0.15) is 90.9 Å². The number of aliphatic hydroxyl groups excluding tert-OH is 1. The minimum absolute atomic E-state index is 0.0524. The number of nitrogens with one attached hydrogen (secondary N) is 1. The van der Waals surface area contributed by atoms with Gasteiger partial charge in [0.25, 0.3) is 0 Å². The molecule has 38 heavy (non-hydrogen) atoms. The lowest BCUT2D eigenvalue weighted by Crippen LogP contribution is -2.45. The van der Waals surface area contributed by atoms with Crippen LogP contribution in [0.5, 0.6) is 0 Å². The van der Waals surface area contributed by atoms with Gasteiger partial charge in [0.15, 0.2) is 0 Å². The van der Waals surface area contributed by atoms with Crippen molar-refractivity contribution >= 4 is 13.7 Å². The van der Waals surface area contributed by atoms with Gasteiger partial charge in [-0.2, -0.15) is 0 Å². The first-order valence-corrected chi connectivity index (χ1v) is 15.9. The van der Waals surface area contributed by atoms with Crippen LogP contribution in [0.2, 0.25) is 0 Å². The van der Waals surface area contributed by atoms with E-state index in [1.165, 1.54) is 12.8 Å². The van der Waals surface area contributed by atoms with E-state index in [4.69, 9.17) is 9.05 Å². The first-order valence-electron chi connectivity index (χ1n) is 14.4. The van der Waals surface area contributed by atoms with Gasteiger partial charge >= 0.3 is 7.82 Å². The zero-order valence-electron chi connectivity index (χ0n) is 24.6. The van der Waals surface area contributed by atoms with Crippen LogP contribution >= 0.6 is 7.82 Å². The number of nitrogens with zero attached hydrogens (tertiary/aromatic N) is 1. The van der Waals surface area contributed by atoms with Gasteiger partial charge in [-0.05, 0) is 38.5 Å². The van der Waals surface area contributed by atoms with E-state index in [1.54, 1.807) is 6.08 Å². The lowest BCUT2D eigenvalue weighted by Gasteiger charge is -2.25. The predicted molar refractivity (Wildman–Crippen MR) is 157 cm³/mol. The standard InChI is InChI=1S/C29H55N2O6P/c1-6-8-10-12-13-14-15-16-17-18-19-20-22-28(32)27(30-29(33)23-21-11-9-7-2)26-37-38(34,35)36-25-24-31(3,4)5/h12-13,16-17,20,22,27-28,32H,6-11,14-15,18-19,21,23-26H2,1-5H3,(H-,30,33,34,35)/p+1/b13-12+,17-16+,22-20+. The van der Waals surface area contributed by atoms with Crippen LogP contribution < -0.4 is 5.32 Å². The molecule has 9 heteroatoms. The van der Waals surface area contributed by atoms with E-state index >= 15 is 0 Å². The summed E-state index contributed by atoms with van der Waals surface area (Å²) < 4.78 is 23.1. The Balaban J connectivity index is 4.73. The van der Waals surface area contributed by atoms with Crippen LogP contribution in [0.4, 0.5) is 0 Å². The van der Waals surface area contributed by atoms with Gasteiger partial charge in [0.05, 0.1) is 39.9 Å². The van der Waals surface area contributed by atoms with Gasteiger partial charge in [-0.1, -0.05) is 82.4 Å². The summed E-state index contributed by atoms with van der Waals surface area (Å²) in [6, 6.07) is -0.859. The van der Waals surface area contributed by atoms with Crippen molar-refractivity contribution in [3.8, 4) is 0 Å². The fourth-order valence-corrected chi connectivity index (χ4v) is 4.14. The number of rotatable bonds is 24. The van der Waals surface area contributed by atoms with Crippen molar-refractivity contribution in [2.75, 3.05) is 40.9 Å². The molecule has 3 N–H and O–H groups in total. The second-order valence-electron chi connectivity index (χ2n) is 10.8. The summed E-state index contributed by atoms with van der Waals surface area (Å²) in [5.41, 5.74) is 0. The van der Waals surface area contributed by atoms with Gasteiger partial charge in [0.1, 0.15) is 13.2 Å². The Morgan fingerprint density at radius 1 is 0.868 bits per heavy atom. The normalized spacial score (nSPS) is 15.9. The number of likely N-dealkylation sites (N-methyl/N-ethyl adjacent to an activating group) is 1. The van der Waals surface area contributed by atoms with E-state index in [1.807, 2.05) is 27.2 Å². The number of allylic oxidation sites excluding steroid dienone is 5. The summed E-state index contributed by atoms with van der Waals surface area (Å²) in [5.74, 6) is -0.215. The van der Waals surface area contributed by atoms with Crippen LogP contribution in [0.15, 0.2) is 36.5 Å². The van der Waals surface area contributed by atoms with Crippen LogP contribution in [0, 0.1) is 0 Å². The highest BCUT2D eigenvalue weighted by Gasteiger charge is 2.27. The summed E-state index contributed by atoms with van der Waals surface area (Å²) in [5, 5.41) is 13.5. The topological polar surface area (TPSA) is 105 Å². The third kappa shape index (κ3) is 23.8. The van der Waals surface area contributed by atoms with Crippen molar-refractivity contribution in [1.82, 2.24) is 5.32 Å². The molecule has 0 aliphatic heterocycles. The van der Waals surface area contributed by atoms with Gasteiger partial charge in [-0.15, -0.1) is 0 Å². The molecule has 0 aromatic heterocycles. The van der Waals surface area contributed by atoms with Crippen LogP contribution in [-0.4, -0.2) is 73.4 Å². The molecule has 0 aliphatic rings. The lowest BCUT2D eigenvalue weighted by molar-refractivity contribution is -0.870. The number of phosphoric ester groups is 1. The summed E-state index contributed by atoms with van der Waals surface area (Å²) >= 11 is 0. The molecule has 0 heterocycles. The quantitative estimate of drug-likeness (QED) is 0.0575. The number of phosphoric acid groups is 1. The molecule has 0 fully saturated rings. The third-order valence-electron chi connectivity index (χ3n) is 5.84. The molecule has 0 aromatic carbocycles. The fraction of sp³-hybridized carbons (Fsp3) is 0.759. The van der Waals surface area contributed by atoms with E-state index < -0.39 is 20.0 Å². The minimum Gasteiger partial charge on any atom is -0.387 e. The van der Waals surface area contributed by atoms with Gasteiger partial charge < -0.3 is 19.8 Å². The second kappa shape index (κ2) is 22.5. The van der Waals surface area contributed by atoms with Crippen LogP contribution in [0.3, 0.4) is 0 Å². The Labute approximate surface area is 232 Å². The number of hydrogen-bond donors (Lipinski definition) is 3. The molecular weight excluding hydrogens is 503 g/mol. The molecule has 0 radical (unpaired) electrons. The maximum Gasteiger partial charge on any atom is 0.472 e. The van der Waals surface area contributed by atoms with E-state index in [9.17, 15) is 19.4 Å². The third-order valence-corrected chi connectivity index (χ3v) is 6.82. The maximum absolute atomic E-state index is 12.4. The van der Waals surface area contributed by atoms with Gasteiger partial charge in [0, 0.05) is 6.42 Å². The highest BCUT2D eigenvalue weighted by molar-refractivity contribution is 7.47. The average Bonchev–Trinajstić information content (AvgIpc) is 2.84. The van der Waals surface area contributed by atoms with E-state index in [-0.39, 0.29) is 19.1 Å². The smallest absolute Gasteiger partial charge is 0.387 e. The number of amides is 1. The highest BCUT2D eigenvalue weighted by Crippen LogP contribution is 2.43. The van der Waals surface area contributed by atoms with E-state index in [0.717, 1.165) is 57.8 Å². The van der Waals surface area contributed by atoms with Gasteiger partial charge in [-0.3, -0.25) is 13.8 Å². The van der Waals surface area contributed by atoms with Crippen molar-refractivity contribution < 1.29 is 32.9 Å².